The average molecular weight is 359 g/mol. The molecule has 3 rings (SSSR count). The van der Waals surface area contributed by atoms with Crippen LogP contribution in [0.3, 0.4) is 0 Å². The second-order valence-electron chi connectivity index (χ2n) is 7.40. The van der Waals surface area contributed by atoms with Crippen LogP contribution < -0.4 is 5.32 Å². The molecule has 2 fully saturated rings. The monoisotopic (exact) mass is 359 g/mol. The first kappa shape index (κ1) is 18.8. The second kappa shape index (κ2) is 8.16. The fourth-order valence-electron chi connectivity index (χ4n) is 4.27. The summed E-state index contributed by atoms with van der Waals surface area (Å²) >= 11 is 0. The third kappa shape index (κ3) is 3.90. The lowest BCUT2D eigenvalue weighted by Crippen LogP contribution is -2.52. The van der Waals surface area contributed by atoms with E-state index in [2.05, 4.69) is 10.3 Å². The Morgan fingerprint density at radius 2 is 2.12 bits per heavy atom. The van der Waals surface area contributed by atoms with Gasteiger partial charge in [0.1, 0.15) is 0 Å². The van der Waals surface area contributed by atoms with Crippen molar-refractivity contribution in [2.24, 2.45) is 0 Å². The van der Waals surface area contributed by atoms with Gasteiger partial charge in [-0.1, -0.05) is 6.92 Å². The highest BCUT2D eigenvalue weighted by Crippen LogP contribution is 2.42. The number of carbonyl (C=O) groups excluding carboxylic acids is 2. The number of amides is 2. The molecule has 2 heterocycles. The van der Waals surface area contributed by atoms with E-state index in [9.17, 15) is 9.59 Å². The molecule has 1 saturated carbocycles. The van der Waals surface area contributed by atoms with E-state index in [1.165, 1.54) is 0 Å². The number of nitrogens with one attached hydrogen (secondary N) is 1. The quantitative estimate of drug-likeness (QED) is 0.846. The van der Waals surface area contributed by atoms with Gasteiger partial charge in [0.15, 0.2) is 0 Å². The zero-order valence-electron chi connectivity index (χ0n) is 15.8. The number of nitrogens with zero attached hydrogens (tertiary/aromatic N) is 2. The number of ether oxygens (including phenoxy) is 1. The van der Waals surface area contributed by atoms with E-state index in [1.807, 2.05) is 24.0 Å². The third-order valence-electron chi connectivity index (χ3n) is 5.90. The number of methoxy groups -OCH3 is 1. The summed E-state index contributed by atoms with van der Waals surface area (Å²) in [4.78, 5) is 31.0. The van der Waals surface area contributed by atoms with Crippen molar-refractivity contribution in [3.05, 3.63) is 29.6 Å². The summed E-state index contributed by atoms with van der Waals surface area (Å²) in [5.41, 5.74) is 1.57. The van der Waals surface area contributed by atoms with Gasteiger partial charge in [0.2, 0.25) is 5.91 Å². The number of rotatable bonds is 6. The van der Waals surface area contributed by atoms with Crippen LogP contribution in [0.2, 0.25) is 0 Å². The van der Waals surface area contributed by atoms with Crippen LogP contribution in [0.1, 0.15) is 61.5 Å². The minimum atomic E-state index is -0.0557. The van der Waals surface area contributed by atoms with E-state index in [1.54, 1.807) is 13.3 Å². The van der Waals surface area contributed by atoms with Gasteiger partial charge in [-0.05, 0) is 50.7 Å². The molecule has 0 aromatic carbocycles. The van der Waals surface area contributed by atoms with E-state index in [0.29, 0.717) is 25.1 Å². The molecular weight excluding hydrogens is 330 g/mol. The molecule has 0 unspecified atom stereocenters. The smallest absolute Gasteiger partial charge is 0.253 e. The lowest BCUT2D eigenvalue weighted by atomic mass is 9.77. The number of pyridine rings is 1. The van der Waals surface area contributed by atoms with Crippen LogP contribution in [0.25, 0.3) is 0 Å². The molecule has 0 bridgehead atoms. The zero-order valence-corrected chi connectivity index (χ0v) is 15.8. The number of aromatic nitrogens is 1. The van der Waals surface area contributed by atoms with Crippen molar-refractivity contribution in [2.45, 2.75) is 63.5 Å². The van der Waals surface area contributed by atoms with Crippen molar-refractivity contribution >= 4 is 11.8 Å². The highest BCUT2D eigenvalue weighted by Gasteiger charge is 2.46. The summed E-state index contributed by atoms with van der Waals surface area (Å²) in [6.45, 7) is 3.29. The molecule has 1 aromatic heterocycles. The molecule has 6 heteroatoms. The third-order valence-corrected chi connectivity index (χ3v) is 5.90. The minimum absolute atomic E-state index is 0.0266. The first-order chi connectivity index (χ1) is 12.6. The van der Waals surface area contributed by atoms with Crippen molar-refractivity contribution in [2.75, 3.05) is 20.3 Å². The van der Waals surface area contributed by atoms with Gasteiger partial charge < -0.3 is 15.0 Å². The van der Waals surface area contributed by atoms with Gasteiger partial charge in [0.25, 0.3) is 5.91 Å². The molecule has 142 valence electrons. The van der Waals surface area contributed by atoms with Crippen molar-refractivity contribution < 1.29 is 14.3 Å². The maximum absolute atomic E-state index is 12.5. The van der Waals surface area contributed by atoms with Gasteiger partial charge in [-0.25, -0.2) is 0 Å². The Labute approximate surface area is 155 Å². The summed E-state index contributed by atoms with van der Waals surface area (Å²) in [6, 6.07) is 3.91. The minimum Gasteiger partial charge on any atom is -0.383 e. The van der Waals surface area contributed by atoms with E-state index in [0.717, 1.165) is 44.2 Å². The fourth-order valence-corrected chi connectivity index (χ4v) is 4.27. The highest BCUT2D eigenvalue weighted by atomic mass is 16.5. The standard InChI is InChI=1S/C20H29N3O3/c1-3-16-5-4-15(14-21-16)19(25)22-17-6-9-20(10-7-17)11-8-18(24)23(20)12-13-26-2/h4-5,14,17H,3,6-13H2,1-2H3,(H,22,25). The van der Waals surface area contributed by atoms with Crippen LogP contribution in [0.4, 0.5) is 0 Å². The summed E-state index contributed by atoms with van der Waals surface area (Å²) in [5, 5.41) is 3.14. The lowest BCUT2D eigenvalue weighted by Gasteiger charge is -2.44. The average Bonchev–Trinajstić information content (AvgIpc) is 2.97. The van der Waals surface area contributed by atoms with E-state index < -0.39 is 0 Å². The van der Waals surface area contributed by atoms with Gasteiger partial charge in [-0.15, -0.1) is 0 Å². The van der Waals surface area contributed by atoms with E-state index in [-0.39, 0.29) is 23.4 Å². The Morgan fingerprint density at radius 1 is 1.35 bits per heavy atom. The molecular formula is C20H29N3O3. The normalized spacial score (nSPS) is 25.7. The van der Waals surface area contributed by atoms with Gasteiger partial charge in [0.05, 0.1) is 12.2 Å². The topological polar surface area (TPSA) is 71.5 Å². The summed E-state index contributed by atoms with van der Waals surface area (Å²) in [5.74, 6) is 0.187. The Balaban J connectivity index is 1.56. The number of aryl methyl sites for hydroxylation is 1. The summed E-state index contributed by atoms with van der Waals surface area (Å²) < 4.78 is 5.17. The fraction of sp³-hybridized carbons (Fsp3) is 0.650. The molecule has 2 aliphatic rings. The number of likely N-dealkylation sites (tertiary alicyclic amines) is 1. The van der Waals surface area contributed by atoms with Crippen molar-refractivity contribution in [3.8, 4) is 0 Å². The van der Waals surface area contributed by atoms with Crippen LogP contribution in [0.15, 0.2) is 18.3 Å². The Hall–Kier alpha value is -1.95. The van der Waals surface area contributed by atoms with Gasteiger partial charge in [0, 0.05) is 43.5 Å². The largest absolute Gasteiger partial charge is 0.383 e. The lowest BCUT2D eigenvalue weighted by molar-refractivity contribution is -0.133. The molecule has 1 N–H and O–H groups in total. The first-order valence-corrected chi connectivity index (χ1v) is 9.63. The molecule has 1 saturated heterocycles. The molecule has 1 aliphatic carbocycles. The molecule has 0 atom stereocenters. The van der Waals surface area contributed by atoms with Gasteiger partial charge >= 0.3 is 0 Å². The molecule has 1 aliphatic heterocycles. The maximum Gasteiger partial charge on any atom is 0.253 e. The molecule has 6 nitrogen and oxygen atoms in total. The van der Waals surface area contributed by atoms with Crippen LogP contribution in [-0.2, 0) is 16.0 Å². The Kier molecular flexibility index (Phi) is 5.91. The summed E-state index contributed by atoms with van der Waals surface area (Å²) in [7, 11) is 1.67. The molecule has 0 radical (unpaired) electrons. The van der Waals surface area contributed by atoms with Crippen LogP contribution in [-0.4, -0.2) is 53.5 Å². The Bertz CT molecular complexity index is 636. The maximum atomic E-state index is 12.5. The first-order valence-electron chi connectivity index (χ1n) is 9.63. The predicted molar refractivity (Wildman–Crippen MR) is 98.9 cm³/mol. The predicted octanol–water partition coefficient (Wildman–Crippen LogP) is 2.32. The van der Waals surface area contributed by atoms with E-state index >= 15 is 0 Å². The number of carbonyl (C=O) groups is 2. The van der Waals surface area contributed by atoms with Crippen LogP contribution in [0, 0.1) is 0 Å². The van der Waals surface area contributed by atoms with Crippen molar-refractivity contribution in [1.29, 1.82) is 0 Å². The van der Waals surface area contributed by atoms with Crippen molar-refractivity contribution in [3.63, 3.8) is 0 Å². The summed E-state index contributed by atoms with van der Waals surface area (Å²) in [6.07, 6.45) is 7.78. The molecule has 1 aromatic rings. The molecule has 1 spiro atoms. The molecule has 2 amide bonds. The second-order valence-corrected chi connectivity index (χ2v) is 7.40. The number of hydrogen-bond acceptors (Lipinski definition) is 4. The van der Waals surface area contributed by atoms with Gasteiger partial charge in [-0.2, -0.15) is 0 Å². The zero-order chi connectivity index (χ0) is 18.6. The van der Waals surface area contributed by atoms with E-state index in [4.69, 9.17) is 4.74 Å². The molecule has 26 heavy (non-hydrogen) atoms. The van der Waals surface area contributed by atoms with Crippen LogP contribution in [0.5, 0.6) is 0 Å². The van der Waals surface area contributed by atoms with Crippen molar-refractivity contribution in [1.82, 2.24) is 15.2 Å². The SMILES string of the molecule is CCc1ccc(C(=O)NC2CCC3(CCC(=O)N3CCOC)CC2)cn1. The number of hydrogen-bond donors (Lipinski definition) is 1. The van der Waals surface area contributed by atoms with Gasteiger partial charge in [-0.3, -0.25) is 14.6 Å². The highest BCUT2D eigenvalue weighted by molar-refractivity contribution is 5.94. The van der Waals surface area contributed by atoms with Crippen LogP contribution >= 0.6 is 0 Å². The Morgan fingerprint density at radius 3 is 2.73 bits per heavy atom.